The van der Waals surface area contributed by atoms with Gasteiger partial charge in [-0.15, -0.1) is 0 Å². The molecule has 0 aliphatic rings. The first kappa shape index (κ1) is 39.4. The van der Waals surface area contributed by atoms with Crippen LogP contribution in [0.4, 0.5) is 22.7 Å². The van der Waals surface area contributed by atoms with E-state index in [1.807, 2.05) is 72.8 Å². The number of hydrogen-bond donors (Lipinski definition) is 0. The molecule has 4 aromatic rings. The van der Waals surface area contributed by atoms with Crippen LogP contribution in [0, 0.1) is 19.6 Å². The Hall–Kier alpha value is -5.63. The van der Waals surface area contributed by atoms with E-state index in [9.17, 15) is 19.6 Å². The molecule has 16 nitrogen and oxygen atoms in total. The van der Waals surface area contributed by atoms with E-state index in [1.54, 1.807) is 48.5 Å². The van der Waals surface area contributed by atoms with Crippen molar-refractivity contribution in [1.82, 2.24) is 0 Å². The second-order valence-electron chi connectivity index (χ2n) is 7.96. The Balaban J connectivity index is 0.000000569. The van der Waals surface area contributed by atoms with Crippen molar-refractivity contribution in [1.29, 1.82) is 0 Å². The molecule has 4 aromatic carbocycles. The summed E-state index contributed by atoms with van der Waals surface area (Å²) < 4.78 is 0. The summed E-state index contributed by atoms with van der Waals surface area (Å²) in [5, 5.41) is 27.8. The molecule has 0 aromatic heterocycles. The van der Waals surface area contributed by atoms with Gasteiger partial charge < -0.3 is 0 Å². The van der Waals surface area contributed by atoms with Gasteiger partial charge in [0.25, 0.3) is 0 Å². The van der Waals surface area contributed by atoms with E-state index in [0.717, 1.165) is 0 Å². The Kier molecular flexibility index (Phi) is 21.8. The van der Waals surface area contributed by atoms with Crippen LogP contribution < -0.4 is 0 Å². The summed E-state index contributed by atoms with van der Waals surface area (Å²) in [7, 11) is 5.14. The zero-order valence-electron chi connectivity index (χ0n) is 24.9. The van der Waals surface area contributed by atoms with Crippen LogP contribution in [0.2, 0.25) is 0 Å². The Morgan fingerprint density at radius 2 is 0.489 bits per heavy atom. The number of benzene rings is 4. The van der Waals surface area contributed by atoms with Crippen LogP contribution in [0.5, 0.6) is 0 Å². The summed E-state index contributed by atoms with van der Waals surface area (Å²) >= 11 is 0. The summed E-state index contributed by atoms with van der Waals surface area (Å²) in [5.74, 6) is 0. The molecule has 0 N–H and O–H groups in total. The van der Waals surface area contributed by atoms with E-state index in [-0.39, 0.29) is 21.1 Å². The van der Waals surface area contributed by atoms with Gasteiger partial charge in [-0.2, -0.15) is 0 Å². The van der Waals surface area contributed by atoms with Gasteiger partial charge in [-0.3, -0.25) is 0 Å². The second kappa shape index (κ2) is 24.9. The van der Waals surface area contributed by atoms with E-state index in [0.29, 0.717) is 42.2 Å². The van der Waals surface area contributed by atoms with Gasteiger partial charge in [0.15, 0.2) is 20.9 Å². The van der Waals surface area contributed by atoms with Crippen LogP contribution in [0.3, 0.4) is 0 Å². The molecule has 0 atom stereocenters. The molecule has 0 bridgehead atoms. The topological polar surface area (TPSA) is 179 Å². The fourth-order valence-electron chi connectivity index (χ4n) is 2.44. The third kappa shape index (κ3) is 23.6. The van der Waals surface area contributed by atoms with Crippen LogP contribution in [-0.4, -0.2) is 47.7 Å². The van der Waals surface area contributed by atoms with Crippen molar-refractivity contribution in [3.8, 4) is 0 Å². The first-order chi connectivity index (χ1) is 21.2. The molecule has 0 heterocycles. The van der Waals surface area contributed by atoms with Crippen LogP contribution in [0.15, 0.2) is 163 Å². The molecular weight excluding hydrogens is 763 g/mol. The molecule has 0 aliphatic heterocycles. The number of rotatable bonds is 8. The maximum Gasteiger partial charge on any atom is 0.203 e. The SMILES string of the molecule is C[N+](=O)N=Nc1ccccc1.C[N+](=O)N=Nc1ccccc1.C[N+](=O)N=Nc1ccccc1.C[N+](=O)N=Nc1ccccc1.[Pt]. The van der Waals surface area contributed by atoms with Crippen molar-refractivity contribution in [2.45, 2.75) is 0 Å². The third-order valence-corrected chi connectivity index (χ3v) is 4.17. The Morgan fingerprint density at radius 1 is 0.333 bits per heavy atom. The summed E-state index contributed by atoms with van der Waals surface area (Å²) in [5.41, 5.74) is 2.70. The van der Waals surface area contributed by atoms with E-state index < -0.39 is 0 Å². The molecule has 4 rings (SSSR count). The van der Waals surface area contributed by atoms with E-state index in [2.05, 4.69) is 41.4 Å². The zero-order valence-corrected chi connectivity index (χ0v) is 27.1. The van der Waals surface area contributed by atoms with Crippen molar-refractivity contribution in [3.05, 3.63) is 141 Å². The summed E-state index contributed by atoms with van der Waals surface area (Å²) in [6, 6.07) is 36.3. The minimum Gasteiger partial charge on any atom is -0.0619 e. The third-order valence-electron chi connectivity index (χ3n) is 4.17. The predicted octanol–water partition coefficient (Wildman–Crippen LogP) is 8.37. The molecule has 234 valence electrons. The molecule has 0 amide bonds. The van der Waals surface area contributed by atoms with Gasteiger partial charge in [-0.05, 0) is 68.2 Å². The molecule has 0 saturated carbocycles. The van der Waals surface area contributed by atoms with E-state index in [1.165, 1.54) is 28.2 Å². The zero-order chi connectivity index (χ0) is 32.4. The van der Waals surface area contributed by atoms with Crippen LogP contribution >= 0.6 is 0 Å². The largest absolute Gasteiger partial charge is 0.203 e. The maximum atomic E-state index is 10.3. The second-order valence-corrected chi connectivity index (χ2v) is 7.96. The minimum atomic E-state index is 0. The van der Waals surface area contributed by atoms with Gasteiger partial charge >= 0.3 is 0 Å². The average Bonchev–Trinajstić information content (AvgIpc) is 3.04. The monoisotopic (exact) mass is 795 g/mol. The van der Waals surface area contributed by atoms with Crippen LogP contribution in [0.1, 0.15) is 0 Å². The minimum absolute atomic E-state index is 0. The van der Waals surface area contributed by atoms with Gasteiger partial charge in [-0.1, -0.05) is 72.8 Å². The molecule has 0 aliphatic carbocycles. The molecule has 0 saturated heterocycles. The van der Waals surface area contributed by atoms with Crippen molar-refractivity contribution in [3.63, 3.8) is 0 Å². The van der Waals surface area contributed by atoms with Gasteiger partial charge in [0.1, 0.15) is 28.2 Å². The molecule has 17 heteroatoms. The van der Waals surface area contributed by atoms with Crippen LogP contribution in [-0.2, 0) is 21.1 Å². The normalized spacial score (nSPS) is 10.0. The van der Waals surface area contributed by atoms with E-state index in [4.69, 9.17) is 0 Å². The Labute approximate surface area is 273 Å². The predicted molar refractivity (Wildman–Crippen MR) is 162 cm³/mol. The van der Waals surface area contributed by atoms with Crippen molar-refractivity contribution < 1.29 is 40.5 Å². The van der Waals surface area contributed by atoms with Gasteiger partial charge in [-0.25, -0.2) is 0 Å². The number of nitrogens with zero attached hydrogens (tertiary/aromatic N) is 12. The fraction of sp³-hybridized carbons (Fsp3) is 0.143. The first-order valence-electron chi connectivity index (χ1n) is 12.7. The summed E-state index contributed by atoms with van der Waals surface area (Å²) in [4.78, 5) is 42.7. The quantitative estimate of drug-likeness (QED) is 0.0988. The van der Waals surface area contributed by atoms with E-state index >= 15 is 0 Å². The standard InChI is InChI=1S/4C7H8N3O.Pt/c4*1-10(11)9-8-7-5-3-2-4-6-7;/h4*2-6H,1H3;/q4*+1;. The number of hydrogen-bond acceptors (Lipinski definition) is 8. The van der Waals surface area contributed by atoms with Gasteiger partial charge in [0.05, 0.1) is 39.9 Å². The summed E-state index contributed by atoms with van der Waals surface area (Å²) in [6.45, 7) is 0. The molecule has 0 spiro atoms. The van der Waals surface area contributed by atoms with Gasteiger partial charge in [0.2, 0.25) is 22.7 Å². The first-order valence-corrected chi connectivity index (χ1v) is 12.7. The van der Waals surface area contributed by atoms with Crippen molar-refractivity contribution >= 4 is 22.7 Å². The molecule has 0 radical (unpaired) electrons. The number of nitroso groups, excluding NO2 is 4. The summed E-state index contributed by atoms with van der Waals surface area (Å²) in [6.07, 6.45) is 0. The Morgan fingerprint density at radius 3 is 0.622 bits per heavy atom. The molecule has 45 heavy (non-hydrogen) atoms. The van der Waals surface area contributed by atoms with Crippen molar-refractivity contribution in [2.75, 3.05) is 28.2 Å². The van der Waals surface area contributed by atoms with Crippen molar-refractivity contribution in [2.24, 2.45) is 41.4 Å². The van der Waals surface area contributed by atoms with Gasteiger partial charge in [0, 0.05) is 21.1 Å². The molecule has 0 unspecified atom stereocenters. The molecular formula is C28H32N12O4Pt+4. The maximum absolute atomic E-state index is 10.3. The smallest absolute Gasteiger partial charge is 0.0619 e. The Bertz CT molecular complexity index is 1320. The molecule has 0 fully saturated rings. The average molecular weight is 796 g/mol. The van der Waals surface area contributed by atoms with Crippen LogP contribution in [0.25, 0.3) is 0 Å². The fourth-order valence-corrected chi connectivity index (χ4v) is 2.44.